The van der Waals surface area contributed by atoms with E-state index in [2.05, 4.69) is 0 Å². The Morgan fingerprint density at radius 1 is 1.45 bits per heavy atom. The van der Waals surface area contributed by atoms with Crippen LogP contribution < -0.4 is 15.2 Å². The highest BCUT2D eigenvalue weighted by molar-refractivity contribution is 5.95. The molecule has 0 spiro atoms. The van der Waals surface area contributed by atoms with Gasteiger partial charge in [0.1, 0.15) is 11.1 Å². The van der Waals surface area contributed by atoms with Gasteiger partial charge in [0.15, 0.2) is 18.3 Å². The number of hydrogen-bond donors (Lipinski definition) is 0. The van der Waals surface area contributed by atoms with Crippen LogP contribution in [0.3, 0.4) is 0 Å². The number of benzene rings is 1. The third-order valence-corrected chi connectivity index (χ3v) is 3.38. The van der Waals surface area contributed by atoms with E-state index in [1.807, 2.05) is 0 Å². The predicted molar refractivity (Wildman–Crippen MR) is 73.7 cm³/mol. The summed E-state index contributed by atoms with van der Waals surface area (Å²) in [6.45, 7) is 1.64. The molecule has 1 aromatic heterocycles. The Labute approximate surface area is 123 Å². The average molecular weight is 310 g/mol. The molecule has 2 aromatic rings. The maximum atomic E-state index is 13.9. The van der Waals surface area contributed by atoms with Crippen LogP contribution >= 0.6 is 0 Å². The van der Waals surface area contributed by atoms with Crippen LogP contribution in [0.4, 0.5) is 8.78 Å². The van der Waals surface area contributed by atoms with Gasteiger partial charge in [0.05, 0.1) is 12.0 Å². The summed E-state index contributed by atoms with van der Waals surface area (Å²) in [5.41, 5.74) is -0.908. The van der Waals surface area contributed by atoms with Gasteiger partial charge in [-0.25, -0.2) is 9.18 Å². The number of carbonyl (C=O) groups excluding carboxylic acids is 1. The molecule has 116 valence electrons. The van der Waals surface area contributed by atoms with Gasteiger partial charge in [0, 0.05) is 13.2 Å². The Morgan fingerprint density at radius 2 is 2.18 bits per heavy atom. The van der Waals surface area contributed by atoms with Gasteiger partial charge < -0.3 is 9.47 Å². The maximum Gasteiger partial charge on any atom is 0.343 e. The first kappa shape index (κ1) is 14.3. The summed E-state index contributed by atoms with van der Waals surface area (Å²) in [6, 6.07) is 0.762. The number of rotatable bonds is 2. The van der Waals surface area contributed by atoms with Crippen LogP contribution in [0, 0.1) is 11.6 Å². The Morgan fingerprint density at radius 3 is 2.86 bits per heavy atom. The smallest absolute Gasteiger partial charge is 0.343 e. The first-order valence-corrected chi connectivity index (χ1v) is 6.54. The SMILES string of the molecule is CCOC(=O)c1cn2c3c(c(F)c(F)cc3c1=O)OCN2C. The molecular formula is C14H12F2N2O4. The highest BCUT2D eigenvalue weighted by Crippen LogP contribution is 2.32. The molecule has 1 aromatic carbocycles. The topological polar surface area (TPSA) is 60.8 Å². The second-order valence-electron chi connectivity index (χ2n) is 4.77. The predicted octanol–water partition coefficient (Wildman–Crippen LogP) is 1.37. The number of hydrogen-bond acceptors (Lipinski definition) is 5. The molecule has 1 aliphatic rings. The van der Waals surface area contributed by atoms with Gasteiger partial charge in [0.25, 0.3) is 0 Å². The Bertz CT molecular complexity index is 847. The van der Waals surface area contributed by atoms with E-state index in [9.17, 15) is 18.4 Å². The molecule has 0 saturated heterocycles. The highest BCUT2D eigenvalue weighted by Gasteiger charge is 2.27. The zero-order valence-electron chi connectivity index (χ0n) is 11.9. The number of halogens is 2. The first-order valence-electron chi connectivity index (χ1n) is 6.54. The van der Waals surface area contributed by atoms with Crippen molar-refractivity contribution in [2.75, 3.05) is 25.4 Å². The lowest BCUT2D eigenvalue weighted by Gasteiger charge is -2.30. The van der Waals surface area contributed by atoms with E-state index in [0.29, 0.717) is 0 Å². The van der Waals surface area contributed by atoms with Gasteiger partial charge in [-0.3, -0.25) is 14.5 Å². The Balaban J connectivity index is 2.42. The summed E-state index contributed by atoms with van der Waals surface area (Å²) in [7, 11) is 1.61. The van der Waals surface area contributed by atoms with Gasteiger partial charge in [-0.2, -0.15) is 4.39 Å². The van der Waals surface area contributed by atoms with Gasteiger partial charge in [-0.15, -0.1) is 0 Å². The second-order valence-corrected chi connectivity index (χ2v) is 4.77. The molecule has 2 heterocycles. The zero-order chi connectivity index (χ0) is 16.0. The normalized spacial score (nSPS) is 13.2. The number of carbonyl (C=O) groups is 1. The van der Waals surface area contributed by atoms with Crippen molar-refractivity contribution < 1.29 is 23.0 Å². The molecule has 0 radical (unpaired) electrons. The van der Waals surface area contributed by atoms with Crippen LogP contribution in [0.15, 0.2) is 17.1 Å². The summed E-state index contributed by atoms with van der Waals surface area (Å²) in [5, 5.41) is 1.36. The molecular weight excluding hydrogens is 298 g/mol. The van der Waals surface area contributed by atoms with Crippen LogP contribution in [0.25, 0.3) is 10.9 Å². The molecule has 0 unspecified atom stereocenters. The van der Waals surface area contributed by atoms with Gasteiger partial charge in [-0.05, 0) is 13.0 Å². The highest BCUT2D eigenvalue weighted by atomic mass is 19.2. The second kappa shape index (κ2) is 4.97. The van der Waals surface area contributed by atoms with Gasteiger partial charge >= 0.3 is 5.97 Å². The van der Waals surface area contributed by atoms with E-state index in [1.54, 1.807) is 14.0 Å². The number of nitrogens with zero attached hydrogens (tertiary/aromatic N) is 2. The summed E-state index contributed by atoms with van der Waals surface area (Å²) in [4.78, 5) is 24.3. The summed E-state index contributed by atoms with van der Waals surface area (Å²) in [5.74, 6) is -3.54. The molecule has 1 aliphatic heterocycles. The standard InChI is InChI=1S/C14H12F2N2O4/c1-3-21-14(20)8-5-18-11-7(12(8)19)4-9(15)10(16)13(11)22-6-17(18)2/h4-5H,3,6H2,1-2H3. The zero-order valence-corrected chi connectivity index (χ0v) is 11.9. The van der Waals surface area contributed by atoms with Crippen molar-refractivity contribution in [2.24, 2.45) is 0 Å². The molecule has 0 aliphatic carbocycles. The van der Waals surface area contributed by atoms with Crippen LogP contribution in [-0.4, -0.2) is 31.0 Å². The van der Waals surface area contributed by atoms with Crippen LogP contribution in [0.5, 0.6) is 5.75 Å². The minimum absolute atomic E-state index is 0.0619. The van der Waals surface area contributed by atoms with Crippen LogP contribution in [0.1, 0.15) is 17.3 Å². The van der Waals surface area contributed by atoms with Gasteiger partial charge in [0.2, 0.25) is 11.2 Å². The summed E-state index contributed by atoms with van der Waals surface area (Å²) in [6.07, 6.45) is 1.24. The minimum Gasteiger partial charge on any atom is -0.466 e. The van der Waals surface area contributed by atoms with E-state index in [0.717, 1.165) is 6.07 Å². The first-order chi connectivity index (χ1) is 10.5. The lowest BCUT2D eigenvalue weighted by Crippen LogP contribution is -2.39. The lowest BCUT2D eigenvalue weighted by atomic mass is 10.1. The van der Waals surface area contributed by atoms with Gasteiger partial charge in [-0.1, -0.05) is 0 Å². The van der Waals surface area contributed by atoms with E-state index < -0.39 is 23.0 Å². The van der Waals surface area contributed by atoms with E-state index >= 15 is 0 Å². The van der Waals surface area contributed by atoms with Crippen molar-refractivity contribution in [3.63, 3.8) is 0 Å². The van der Waals surface area contributed by atoms with E-state index in [1.165, 1.54) is 15.9 Å². The quantitative estimate of drug-likeness (QED) is 0.784. The van der Waals surface area contributed by atoms with Crippen molar-refractivity contribution in [1.82, 2.24) is 4.68 Å². The van der Waals surface area contributed by atoms with Crippen molar-refractivity contribution in [2.45, 2.75) is 6.92 Å². The van der Waals surface area contributed by atoms with Crippen molar-refractivity contribution in [3.8, 4) is 5.75 Å². The van der Waals surface area contributed by atoms with Crippen molar-refractivity contribution in [3.05, 3.63) is 39.7 Å². The molecule has 0 N–H and O–H groups in total. The van der Waals surface area contributed by atoms with E-state index in [-0.39, 0.29) is 35.6 Å². The Kier molecular flexibility index (Phi) is 3.23. The fourth-order valence-electron chi connectivity index (χ4n) is 2.36. The van der Waals surface area contributed by atoms with Crippen molar-refractivity contribution >= 4 is 16.9 Å². The molecule has 0 amide bonds. The third-order valence-electron chi connectivity index (χ3n) is 3.38. The molecule has 0 atom stereocenters. The molecule has 3 rings (SSSR count). The number of esters is 1. The number of aromatic nitrogens is 1. The number of ether oxygens (including phenoxy) is 2. The largest absolute Gasteiger partial charge is 0.466 e. The van der Waals surface area contributed by atoms with Crippen LogP contribution in [-0.2, 0) is 4.74 Å². The molecule has 22 heavy (non-hydrogen) atoms. The minimum atomic E-state index is -1.21. The molecule has 8 heteroatoms. The van der Waals surface area contributed by atoms with Crippen LogP contribution in [0.2, 0.25) is 0 Å². The fraction of sp³-hybridized carbons (Fsp3) is 0.286. The lowest BCUT2D eigenvalue weighted by molar-refractivity contribution is 0.0524. The average Bonchev–Trinajstić information content (AvgIpc) is 2.48. The number of pyridine rings is 1. The molecule has 0 saturated carbocycles. The monoisotopic (exact) mass is 310 g/mol. The van der Waals surface area contributed by atoms with Crippen molar-refractivity contribution in [1.29, 1.82) is 0 Å². The summed E-state index contributed by atoms with van der Waals surface area (Å²) < 4.78 is 38.9. The van der Waals surface area contributed by atoms with E-state index in [4.69, 9.17) is 9.47 Å². The fourth-order valence-corrected chi connectivity index (χ4v) is 2.36. The molecule has 6 nitrogen and oxygen atoms in total. The summed E-state index contributed by atoms with van der Waals surface area (Å²) >= 11 is 0. The molecule has 0 fully saturated rings. The Hall–Kier alpha value is -2.64. The third kappa shape index (κ3) is 1.91. The maximum absolute atomic E-state index is 13.9. The molecule has 0 bridgehead atoms.